The molecule has 0 radical (unpaired) electrons. The molecule has 0 aromatic heterocycles. The predicted molar refractivity (Wildman–Crippen MR) is 130 cm³/mol. The van der Waals surface area contributed by atoms with E-state index >= 15 is 0 Å². The quantitative estimate of drug-likeness (QED) is 0.402. The first-order valence-electron chi connectivity index (χ1n) is 11.5. The Balaban J connectivity index is 1.36. The number of halogens is 1. The van der Waals surface area contributed by atoms with Crippen LogP contribution < -0.4 is 14.4 Å². The molecule has 3 aromatic rings. The van der Waals surface area contributed by atoms with Crippen molar-refractivity contribution in [3.05, 3.63) is 88.4 Å². The van der Waals surface area contributed by atoms with Gasteiger partial charge in [-0.15, -0.1) is 0 Å². The van der Waals surface area contributed by atoms with Crippen molar-refractivity contribution >= 4 is 41.1 Å². The molecule has 0 bridgehead atoms. The summed E-state index contributed by atoms with van der Waals surface area (Å²) in [6.45, 7) is 0.0788. The summed E-state index contributed by atoms with van der Waals surface area (Å²) in [5.41, 5.74) is 2.52. The molecule has 7 rings (SSSR count). The number of amides is 2. The molecule has 0 aliphatic carbocycles. The maximum atomic E-state index is 13.9. The lowest BCUT2D eigenvalue weighted by Gasteiger charge is -2.33. The molecule has 0 N–H and O–H groups in total. The third kappa shape index (κ3) is 2.88. The normalized spacial score (nSPS) is 25.1. The molecule has 0 saturated carbocycles. The Labute approximate surface area is 210 Å². The SMILES string of the molecule is O=C(c1ccc(Cl)cc1)C1C2C(=O)N(c3ccc4c(c3)OCO4)C(=O)C2C2c3ccccc3C=NN12. The minimum absolute atomic E-state index is 0.0788. The number of imide groups is 1. The van der Waals surface area contributed by atoms with Crippen LogP contribution in [0.3, 0.4) is 0 Å². The van der Waals surface area contributed by atoms with Crippen molar-refractivity contribution in [2.24, 2.45) is 16.9 Å². The first-order chi connectivity index (χ1) is 17.5. The highest BCUT2D eigenvalue weighted by Crippen LogP contribution is 2.53. The first kappa shape index (κ1) is 21.1. The number of hydrazone groups is 1. The van der Waals surface area contributed by atoms with Crippen molar-refractivity contribution in [1.82, 2.24) is 5.01 Å². The predicted octanol–water partition coefficient (Wildman–Crippen LogP) is 3.83. The molecule has 2 fully saturated rings. The molecule has 36 heavy (non-hydrogen) atoms. The van der Waals surface area contributed by atoms with E-state index in [9.17, 15) is 14.4 Å². The summed E-state index contributed by atoms with van der Waals surface area (Å²) >= 11 is 6.03. The Kier molecular flexibility index (Phi) is 4.50. The number of benzene rings is 3. The number of fused-ring (bicyclic) bond motifs is 6. The van der Waals surface area contributed by atoms with Crippen LogP contribution in [0.5, 0.6) is 11.5 Å². The zero-order chi connectivity index (χ0) is 24.6. The second-order valence-corrected chi connectivity index (χ2v) is 9.55. The summed E-state index contributed by atoms with van der Waals surface area (Å²) in [6.07, 6.45) is 1.68. The van der Waals surface area contributed by atoms with Crippen molar-refractivity contribution in [3.63, 3.8) is 0 Å². The molecule has 4 atom stereocenters. The van der Waals surface area contributed by atoms with E-state index in [0.29, 0.717) is 27.8 Å². The monoisotopic (exact) mass is 499 g/mol. The lowest BCUT2D eigenvalue weighted by atomic mass is 9.83. The van der Waals surface area contributed by atoms with E-state index in [-0.39, 0.29) is 18.5 Å². The van der Waals surface area contributed by atoms with E-state index in [1.54, 1.807) is 53.7 Å². The van der Waals surface area contributed by atoms with Crippen LogP contribution in [-0.4, -0.2) is 41.7 Å². The zero-order valence-electron chi connectivity index (χ0n) is 18.7. The van der Waals surface area contributed by atoms with Gasteiger partial charge in [-0.3, -0.25) is 19.4 Å². The van der Waals surface area contributed by atoms with E-state index in [2.05, 4.69) is 5.10 Å². The van der Waals surface area contributed by atoms with Crippen LogP contribution in [0.4, 0.5) is 5.69 Å². The van der Waals surface area contributed by atoms with Gasteiger partial charge in [0.1, 0.15) is 6.04 Å². The van der Waals surface area contributed by atoms with Crippen molar-refractivity contribution in [3.8, 4) is 11.5 Å². The highest BCUT2D eigenvalue weighted by atomic mass is 35.5. The van der Waals surface area contributed by atoms with Crippen LogP contribution >= 0.6 is 11.6 Å². The Morgan fingerprint density at radius 1 is 0.917 bits per heavy atom. The molecular weight excluding hydrogens is 482 g/mol. The zero-order valence-corrected chi connectivity index (χ0v) is 19.5. The molecule has 3 aromatic carbocycles. The van der Waals surface area contributed by atoms with E-state index in [1.807, 2.05) is 24.3 Å². The summed E-state index contributed by atoms with van der Waals surface area (Å²) in [4.78, 5) is 42.9. The Bertz CT molecular complexity index is 1490. The largest absolute Gasteiger partial charge is 0.454 e. The lowest BCUT2D eigenvalue weighted by Crippen LogP contribution is -2.44. The molecule has 178 valence electrons. The molecule has 8 nitrogen and oxygen atoms in total. The fourth-order valence-electron chi connectivity index (χ4n) is 5.73. The number of ether oxygens (including phenoxy) is 2. The Morgan fingerprint density at radius 2 is 1.67 bits per heavy atom. The third-order valence-corrected chi connectivity index (χ3v) is 7.56. The van der Waals surface area contributed by atoms with Gasteiger partial charge in [-0.05, 0) is 47.5 Å². The lowest BCUT2D eigenvalue weighted by molar-refractivity contribution is -0.124. The van der Waals surface area contributed by atoms with E-state index in [4.69, 9.17) is 21.1 Å². The number of carbonyl (C=O) groups is 3. The number of ketones is 1. The van der Waals surface area contributed by atoms with Crippen LogP contribution in [0, 0.1) is 11.8 Å². The number of Topliss-reactive ketones (excluding diaryl/α,β-unsaturated/α-hetero) is 1. The fraction of sp³-hybridized carbons (Fsp3) is 0.185. The van der Waals surface area contributed by atoms with Crippen molar-refractivity contribution in [1.29, 1.82) is 0 Å². The van der Waals surface area contributed by atoms with Gasteiger partial charge >= 0.3 is 0 Å². The number of anilines is 1. The molecule has 4 aliphatic rings. The summed E-state index contributed by atoms with van der Waals surface area (Å²) in [5.74, 6) is -1.74. The van der Waals surface area contributed by atoms with Gasteiger partial charge in [-0.25, -0.2) is 4.90 Å². The summed E-state index contributed by atoms with van der Waals surface area (Å²) in [5, 5.41) is 6.72. The van der Waals surface area contributed by atoms with Gasteiger partial charge in [-0.2, -0.15) is 5.10 Å². The molecule has 4 heterocycles. The van der Waals surface area contributed by atoms with Gasteiger partial charge in [0, 0.05) is 16.7 Å². The second-order valence-electron chi connectivity index (χ2n) is 9.12. The summed E-state index contributed by atoms with van der Waals surface area (Å²) < 4.78 is 10.8. The topological polar surface area (TPSA) is 88.5 Å². The maximum absolute atomic E-state index is 13.9. The van der Waals surface area contributed by atoms with Gasteiger partial charge in [0.15, 0.2) is 17.3 Å². The standard InChI is InChI=1S/C27H18ClN3O5/c28-16-7-5-14(6-8-16)25(32)24-22-21(23-18-4-2-1-3-15(18)12-29-31(23)24)26(33)30(27(22)34)17-9-10-19-20(11-17)36-13-35-19/h1-12,21-24H,13H2. The summed E-state index contributed by atoms with van der Waals surface area (Å²) in [6, 6.07) is 17.6. The molecule has 2 saturated heterocycles. The van der Waals surface area contributed by atoms with E-state index in [0.717, 1.165) is 11.1 Å². The average Bonchev–Trinajstić information content (AvgIpc) is 3.57. The van der Waals surface area contributed by atoms with Crippen molar-refractivity contribution in [2.75, 3.05) is 11.7 Å². The number of hydrogen-bond acceptors (Lipinski definition) is 7. The van der Waals surface area contributed by atoms with Crippen molar-refractivity contribution < 1.29 is 23.9 Å². The third-order valence-electron chi connectivity index (χ3n) is 7.30. The molecule has 0 spiro atoms. The molecule has 2 amide bonds. The number of rotatable bonds is 3. The van der Waals surface area contributed by atoms with Gasteiger partial charge in [0.2, 0.25) is 18.6 Å². The molecular formula is C27H18ClN3O5. The molecule has 4 unspecified atom stereocenters. The number of hydrogen-bond donors (Lipinski definition) is 0. The molecule has 9 heteroatoms. The smallest absolute Gasteiger partial charge is 0.240 e. The van der Waals surface area contributed by atoms with E-state index < -0.39 is 29.8 Å². The van der Waals surface area contributed by atoms with Crippen LogP contribution in [-0.2, 0) is 9.59 Å². The fourth-order valence-corrected chi connectivity index (χ4v) is 5.86. The van der Waals surface area contributed by atoms with Gasteiger partial charge in [-0.1, -0.05) is 35.9 Å². The maximum Gasteiger partial charge on any atom is 0.240 e. The molecule has 4 aliphatic heterocycles. The average molecular weight is 500 g/mol. The van der Waals surface area contributed by atoms with Crippen LogP contribution in [0.2, 0.25) is 5.02 Å². The first-order valence-corrected chi connectivity index (χ1v) is 11.9. The minimum Gasteiger partial charge on any atom is -0.454 e. The van der Waals surface area contributed by atoms with Gasteiger partial charge in [0.05, 0.1) is 29.8 Å². The highest BCUT2D eigenvalue weighted by molar-refractivity contribution is 6.30. The number of nitrogens with zero attached hydrogens (tertiary/aromatic N) is 3. The van der Waals surface area contributed by atoms with Crippen LogP contribution in [0.15, 0.2) is 71.8 Å². The Hall–Kier alpha value is -4.17. The van der Waals surface area contributed by atoms with Gasteiger partial charge in [0.25, 0.3) is 0 Å². The van der Waals surface area contributed by atoms with Crippen LogP contribution in [0.25, 0.3) is 0 Å². The Morgan fingerprint density at radius 3 is 2.50 bits per heavy atom. The second kappa shape index (κ2) is 7.66. The number of carbonyl (C=O) groups excluding carboxylic acids is 3. The van der Waals surface area contributed by atoms with Gasteiger partial charge < -0.3 is 9.47 Å². The van der Waals surface area contributed by atoms with E-state index in [1.165, 1.54) is 4.90 Å². The van der Waals surface area contributed by atoms with Crippen LogP contribution in [0.1, 0.15) is 27.5 Å². The van der Waals surface area contributed by atoms with Crippen molar-refractivity contribution in [2.45, 2.75) is 12.1 Å². The minimum atomic E-state index is -0.943. The highest BCUT2D eigenvalue weighted by Gasteiger charge is 2.65. The summed E-state index contributed by atoms with van der Waals surface area (Å²) in [7, 11) is 0.